The molecule has 1 aromatic carbocycles. The van der Waals surface area contributed by atoms with E-state index in [0.29, 0.717) is 18.5 Å². The molecule has 1 atom stereocenters. The van der Waals surface area contributed by atoms with Gasteiger partial charge in [-0.05, 0) is 23.9 Å². The second-order valence-corrected chi connectivity index (χ2v) is 5.17. The summed E-state index contributed by atoms with van der Waals surface area (Å²) < 4.78 is 0. The molecule has 1 aliphatic rings. The first-order chi connectivity index (χ1) is 10.1. The van der Waals surface area contributed by atoms with Crippen LogP contribution in [0, 0.1) is 5.92 Å². The summed E-state index contributed by atoms with van der Waals surface area (Å²) in [6, 6.07) is 8.76. The van der Waals surface area contributed by atoms with Crippen LogP contribution >= 0.6 is 0 Å². The van der Waals surface area contributed by atoms with Crippen LogP contribution < -0.4 is 5.56 Å². The van der Waals surface area contributed by atoms with E-state index < -0.39 is 23.4 Å². The molecule has 1 saturated heterocycles. The zero-order chi connectivity index (χ0) is 15.0. The first kappa shape index (κ1) is 13.4. The van der Waals surface area contributed by atoms with Gasteiger partial charge in [0.05, 0.1) is 5.92 Å². The summed E-state index contributed by atoms with van der Waals surface area (Å²) in [7, 11) is 0. The van der Waals surface area contributed by atoms with Crippen molar-refractivity contribution in [1.82, 2.24) is 9.88 Å². The fourth-order valence-corrected chi connectivity index (χ4v) is 2.62. The molecule has 0 saturated carbocycles. The third-order valence-electron chi connectivity index (χ3n) is 3.81. The van der Waals surface area contributed by atoms with Crippen LogP contribution in [0.25, 0.3) is 10.9 Å². The van der Waals surface area contributed by atoms with Crippen molar-refractivity contribution in [3.8, 4) is 0 Å². The number of hydrogen-bond donors (Lipinski definition) is 2. The highest BCUT2D eigenvalue weighted by Crippen LogP contribution is 2.19. The zero-order valence-corrected chi connectivity index (χ0v) is 11.2. The summed E-state index contributed by atoms with van der Waals surface area (Å²) >= 11 is 0. The summed E-state index contributed by atoms with van der Waals surface area (Å²) in [6.07, 6.45) is 0.423. The highest BCUT2D eigenvalue weighted by atomic mass is 16.4. The van der Waals surface area contributed by atoms with Gasteiger partial charge in [0.2, 0.25) is 0 Å². The van der Waals surface area contributed by atoms with Gasteiger partial charge in [-0.25, -0.2) is 0 Å². The first-order valence-corrected chi connectivity index (χ1v) is 6.70. The Labute approximate surface area is 120 Å². The van der Waals surface area contributed by atoms with Gasteiger partial charge < -0.3 is 15.0 Å². The Balaban J connectivity index is 1.93. The smallest absolute Gasteiger partial charge is 0.308 e. The standard InChI is InChI=1S/C15H14N2O4/c18-13-11(7-9-3-1-2-4-12(9)16-13)14(19)17-6-5-10(8-17)15(20)21/h1-4,7,10H,5-6,8H2,(H,16,18)(H,20,21)/t10-/m0/s1. The average molecular weight is 286 g/mol. The van der Waals surface area contributed by atoms with Crippen molar-refractivity contribution >= 4 is 22.8 Å². The van der Waals surface area contributed by atoms with E-state index in [0.717, 1.165) is 5.39 Å². The van der Waals surface area contributed by atoms with Gasteiger partial charge in [0.1, 0.15) is 5.56 Å². The number of nitrogens with zero attached hydrogens (tertiary/aromatic N) is 1. The Kier molecular flexibility index (Phi) is 3.21. The number of hydrogen-bond acceptors (Lipinski definition) is 3. The van der Waals surface area contributed by atoms with Crippen LogP contribution in [0.2, 0.25) is 0 Å². The zero-order valence-electron chi connectivity index (χ0n) is 11.2. The molecule has 0 spiro atoms. The highest BCUT2D eigenvalue weighted by molar-refractivity contribution is 5.97. The normalized spacial score (nSPS) is 18.1. The summed E-state index contributed by atoms with van der Waals surface area (Å²) in [5.74, 6) is -1.86. The first-order valence-electron chi connectivity index (χ1n) is 6.70. The van der Waals surface area contributed by atoms with Crippen LogP contribution in [-0.4, -0.2) is 40.0 Å². The number of carboxylic acids is 1. The van der Waals surface area contributed by atoms with E-state index in [9.17, 15) is 14.4 Å². The van der Waals surface area contributed by atoms with E-state index in [1.54, 1.807) is 18.2 Å². The molecule has 3 rings (SSSR count). The van der Waals surface area contributed by atoms with Crippen molar-refractivity contribution in [1.29, 1.82) is 0 Å². The molecule has 6 heteroatoms. The number of pyridine rings is 1. The van der Waals surface area contributed by atoms with Gasteiger partial charge >= 0.3 is 5.97 Å². The third kappa shape index (κ3) is 2.40. The molecule has 6 nitrogen and oxygen atoms in total. The van der Waals surface area contributed by atoms with Crippen molar-refractivity contribution in [2.45, 2.75) is 6.42 Å². The lowest BCUT2D eigenvalue weighted by Gasteiger charge is -2.15. The van der Waals surface area contributed by atoms with Gasteiger partial charge in [0.15, 0.2) is 0 Å². The summed E-state index contributed by atoms with van der Waals surface area (Å²) in [5.41, 5.74) is 0.279. The van der Waals surface area contributed by atoms with Gasteiger partial charge in [0, 0.05) is 18.6 Å². The molecule has 0 radical (unpaired) electrons. The number of rotatable bonds is 2. The Hall–Kier alpha value is -2.63. The number of aromatic nitrogens is 1. The maximum Gasteiger partial charge on any atom is 0.308 e. The minimum Gasteiger partial charge on any atom is -0.481 e. The minimum atomic E-state index is -0.905. The largest absolute Gasteiger partial charge is 0.481 e. The molecule has 2 N–H and O–H groups in total. The predicted octanol–water partition coefficient (Wildman–Crippen LogP) is 1.07. The van der Waals surface area contributed by atoms with Crippen LogP contribution in [-0.2, 0) is 4.79 Å². The number of H-pyrrole nitrogens is 1. The van der Waals surface area contributed by atoms with E-state index in [1.807, 2.05) is 12.1 Å². The Morgan fingerprint density at radius 3 is 2.76 bits per heavy atom. The van der Waals surface area contributed by atoms with Crippen LogP contribution in [0.4, 0.5) is 0 Å². The summed E-state index contributed by atoms with van der Waals surface area (Å²) in [5, 5.41) is 9.75. The number of aromatic amines is 1. The quantitative estimate of drug-likeness (QED) is 0.864. The van der Waals surface area contributed by atoms with Gasteiger partial charge in [-0.3, -0.25) is 14.4 Å². The van der Waals surface area contributed by atoms with Gasteiger partial charge in [0.25, 0.3) is 11.5 Å². The minimum absolute atomic E-state index is 0.0553. The van der Waals surface area contributed by atoms with Crippen LogP contribution in [0.15, 0.2) is 35.1 Å². The SMILES string of the molecule is O=C(O)[C@H]1CCN(C(=O)c2cc3ccccc3[nH]c2=O)C1. The molecular weight excluding hydrogens is 272 g/mol. The molecule has 21 heavy (non-hydrogen) atoms. The van der Waals surface area contributed by atoms with E-state index in [-0.39, 0.29) is 12.1 Å². The number of aliphatic carboxylic acids is 1. The Bertz CT molecular complexity index is 781. The van der Waals surface area contributed by atoms with Crippen LogP contribution in [0.1, 0.15) is 16.8 Å². The number of para-hydroxylation sites is 1. The molecule has 1 amide bonds. The second-order valence-electron chi connectivity index (χ2n) is 5.17. The lowest BCUT2D eigenvalue weighted by Crippen LogP contribution is -2.33. The number of likely N-dealkylation sites (tertiary alicyclic amines) is 1. The highest BCUT2D eigenvalue weighted by Gasteiger charge is 2.32. The number of carbonyl (C=O) groups is 2. The Morgan fingerprint density at radius 2 is 2.05 bits per heavy atom. The van der Waals surface area contributed by atoms with Crippen molar-refractivity contribution < 1.29 is 14.7 Å². The number of carbonyl (C=O) groups excluding carboxylic acids is 1. The number of amides is 1. The van der Waals surface area contributed by atoms with E-state index in [4.69, 9.17) is 5.11 Å². The topological polar surface area (TPSA) is 90.5 Å². The second kappa shape index (κ2) is 5.05. The van der Waals surface area contributed by atoms with E-state index in [1.165, 1.54) is 4.90 Å². The van der Waals surface area contributed by atoms with Gasteiger partial charge in [-0.2, -0.15) is 0 Å². The van der Waals surface area contributed by atoms with E-state index >= 15 is 0 Å². The fourth-order valence-electron chi connectivity index (χ4n) is 2.62. The summed E-state index contributed by atoms with van der Waals surface area (Å²) in [6.45, 7) is 0.516. The third-order valence-corrected chi connectivity index (χ3v) is 3.81. The van der Waals surface area contributed by atoms with Crippen molar-refractivity contribution in [2.24, 2.45) is 5.92 Å². The lowest BCUT2D eigenvalue weighted by atomic mass is 10.1. The van der Waals surface area contributed by atoms with Crippen molar-refractivity contribution in [3.05, 3.63) is 46.2 Å². The van der Waals surface area contributed by atoms with Gasteiger partial charge in [-0.15, -0.1) is 0 Å². The molecule has 1 aromatic heterocycles. The average Bonchev–Trinajstić information content (AvgIpc) is 2.96. The molecule has 1 fully saturated rings. The number of nitrogens with one attached hydrogen (secondary N) is 1. The number of fused-ring (bicyclic) bond motifs is 1. The molecule has 2 heterocycles. The number of benzene rings is 1. The lowest BCUT2D eigenvalue weighted by molar-refractivity contribution is -0.141. The molecule has 1 aliphatic heterocycles. The molecular formula is C15H14N2O4. The monoisotopic (exact) mass is 286 g/mol. The van der Waals surface area contributed by atoms with Crippen molar-refractivity contribution in [3.63, 3.8) is 0 Å². The molecule has 0 bridgehead atoms. The molecule has 108 valence electrons. The Morgan fingerprint density at radius 1 is 1.29 bits per heavy atom. The molecule has 0 aliphatic carbocycles. The maximum atomic E-state index is 12.4. The van der Waals surface area contributed by atoms with Gasteiger partial charge in [-0.1, -0.05) is 18.2 Å². The van der Waals surface area contributed by atoms with Crippen LogP contribution in [0.5, 0.6) is 0 Å². The van der Waals surface area contributed by atoms with E-state index in [2.05, 4.69) is 4.98 Å². The summed E-state index contributed by atoms with van der Waals surface area (Å²) in [4.78, 5) is 39.5. The predicted molar refractivity (Wildman–Crippen MR) is 76.2 cm³/mol. The van der Waals surface area contributed by atoms with Crippen molar-refractivity contribution in [2.75, 3.05) is 13.1 Å². The molecule has 2 aromatic rings. The molecule has 0 unspecified atom stereocenters. The fraction of sp³-hybridized carbons (Fsp3) is 0.267. The van der Waals surface area contributed by atoms with Crippen LogP contribution in [0.3, 0.4) is 0 Å². The maximum absolute atomic E-state index is 12.4. The number of carboxylic acid groups (broad SMARTS) is 1.